The van der Waals surface area contributed by atoms with Crippen LogP contribution in [0, 0.1) is 20.8 Å². The lowest BCUT2D eigenvalue weighted by Crippen LogP contribution is -2.09. The predicted octanol–water partition coefficient (Wildman–Crippen LogP) is 5.80. The van der Waals surface area contributed by atoms with Crippen molar-refractivity contribution in [3.8, 4) is 5.75 Å². The molecule has 2 aromatic carbocycles. The van der Waals surface area contributed by atoms with Gasteiger partial charge >= 0.3 is 0 Å². The van der Waals surface area contributed by atoms with Crippen LogP contribution in [0.3, 0.4) is 0 Å². The lowest BCUT2D eigenvalue weighted by atomic mass is 9.98. The second kappa shape index (κ2) is 7.70. The summed E-state index contributed by atoms with van der Waals surface area (Å²) in [6, 6.07) is 9.77. The number of carbonyl (C=O) groups is 1. The Morgan fingerprint density at radius 1 is 1.19 bits per heavy atom. The minimum Gasteiger partial charge on any atom is -0.493 e. The van der Waals surface area contributed by atoms with Gasteiger partial charge in [-0.05, 0) is 64.0 Å². The summed E-state index contributed by atoms with van der Waals surface area (Å²) in [7, 11) is 0. The fraction of sp³-hybridized carbons (Fsp3) is 0.261. The standard InChI is InChI=1S/C23H25NO3/c1-6-26-22-17(5)23-20(16(4)13-27-23)12-19(22)15(3)11-21(25)24-18-9-7-14(2)8-10-18/h7-13H,6H2,1-5H3,(H,24,25)/b15-11+. The first kappa shape index (κ1) is 18.8. The normalized spacial score (nSPS) is 11.7. The predicted molar refractivity (Wildman–Crippen MR) is 110 cm³/mol. The highest BCUT2D eigenvalue weighted by atomic mass is 16.5. The molecule has 4 nitrogen and oxygen atoms in total. The zero-order valence-corrected chi connectivity index (χ0v) is 16.5. The van der Waals surface area contributed by atoms with E-state index in [0.29, 0.717) is 6.61 Å². The first-order valence-electron chi connectivity index (χ1n) is 9.11. The number of rotatable bonds is 5. The first-order valence-corrected chi connectivity index (χ1v) is 9.11. The Balaban J connectivity index is 1.97. The first-order chi connectivity index (χ1) is 12.9. The third kappa shape index (κ3) is 3.90. The summed E-state index contributed by atoms with van der Waals surface area (Å²) in [6.45, 7) is 10.4. The number of nitrogens with one attached hydrogen (secondary N) is 1. The Labute approximate surface area is 159 Å². The number of hydrogen-bond acceptors (Lipinski definition) is 3. The van der Waals surface area contributed by atoms with E-state index < -0.39 is 0 Å². The van der Waals surface area contributed by atoms with E-state index in [1.807, 2.05) is 65.0 Å². The molecule has 0 atom stereocenters. The van der Waals surface area contributed by atoms with Gasteiger partial charge in [-0.2, -0.15) is 0 Å². The molecular weight excluding hydrogens is 338 g/mol. The van der Waals surface area contributed by atoms with Crippen LogP contribution >= 0.6 is 0 Å². The van der Waals surface area contributed by atoms with Crippen molar-refractivity contribution in [3.05, 3.63) is 64.9 Å². The van der Waals surface area contributed by atoms with E-state index in [4.69, 9.17) is 9.15 Å². The van der Waals surface area contributed by atoms with Crippen molar-refractivity contribution in [1.82, 2.24) is 0 Å². The summed E-state index contributed by atoms with van der Waals surface area (Å²) in [5.74, 6) is 0.594. The van der Waals surface area contributed by atoms with Gasteiger partial charge in [-0.15, -0.1) is 0 Å². The molecule has 1 heterocycles. The molecule has 0 spiro atoms. The Hall–Kier alpha value is -3.01. The second-order valence-corrected chi connectivity index (χ2v) is 6.79. The molecule has 1 amide bonds. The van der Waals surface area contributed by atoms with E-state index in [1.165, 1.54) is 0 Å². The van der Waals surface area contributed by atoms with Crippen LogP contribution in [-0.4, -0.2) is 12.5 Å². The van der Waals surface area contributed by atoms with E-state index in [-0.39, 0.29) is 5.91 Å². The molecule has 0 bridgehead atoms. The minimum atomic E-state index is -0.166. The maximum absolute atomic E-state index is 12.5. The number of furan rings is 1. The smallest absolute Gasteiger partial charge is 0.248 e. The second-order valence-electron chi connectivity index (χ2n) is 6.79. The van der Waals surface area contributed by atoms with Gasteiger partial charge in [-0.25, -0.2) is 0 Å². The van der Waals surface area contributed by atoms with Gasteiger partial charge in [-0.3, -0.25) is 4.79 Å². The maximum atomic E-state index is 12.5. The van der Waals surface area contributed by atoms with Crippen LogP contribution in [0.2, 0.25) is 0 Å². The number of hydrogen-bond donors (Lipinski definition) is 1. The molecule has 3 rings (SSSR count). The summed E-state index contributed by atoms with van der Waals surface area (Å²) in [6.07, 6.45) is 3.36. The summed E-state index contributed by atoms with van der Waals surface area (Å²) >= 11 is 0. The maximum Gasteiger partial charge on any atom is 0.248 e. The summed E-state index contributed by atoms with van der Waals surface area (Å²) in [4.78, 5) is 12.5. The van der Waals surface area contributed by atoms with Crippen LogP contribution < -0.4 is 10.1 Å². The van der Waals surface area contributed by atoms with Crippen LogP contribution in [0.4, 0.5) is 5.69 Å². The molecule has 0 aliphatic rings. The van der Waals surface area contributed by atoms with Gasteiger partial charge < -0.3 is 14.5 Å². The highest BCUT2D eigenvalue weighted by Crippen LogP contribution is 2.37. The van der Waals surface area contributed by atoms with Crippen molar-refractivity contribution in [2.24, 2.45) is 0 Å². The molecule has 0 saturated carbocycles. The van der Waals surface area contributed by atoms with Crippen molar-refractivity contribution in [1.29, 1.82) is 0 Å². The van der Waals surface area contributed by atoms with Crippen molar-refractivity contribution in [2.75, 3.05) is 11.9 Å². The van der Waals surface area contributed by atoms with Crippen LogP contribution in [0.5, 0.6) is 5.75 Å². The van der Waals surface area contributed by atoms with Crippen molar-refractivity contribution in [2.45, 2.75) is 34.6 Å². The SMILES string of the molecule is CCOc1c(/C(C)=C/C(=O)Nc2ccc(C)cc2)cc2c(C)coc2c1C. The number of carbonyl (C=O) groups excluding carboxylic acids is 1. The Morgan fingerprint density at radius 2 is 1.89 bits per heavy atom. The van der Waals surface area contributed by atoms with E-state index in [2.05, 4.69) is 5.32 Å². The molecule has 4 heteroatoms. The summed E-state index contributed by atoms with van der Waals surface area (Å²) < 4.78 is 11.6. The molecule has 0 unspecified atom stereocenters. The highest BCUT2D eigenvalue weighted by Gasteiger charge is 2.17. The summed E-state index contributed by atoms with van der Waals surface area (Å²) in [5, 5.41) is 3.94. The van der Waals surface area contributed by atoms with Gasteiger partial charge in [0.2, 0.25) is 5.91 Å². The molecule has 1 aromatic heterocycles. The van der Waals surface area contributed by atoms with Crippen molar-refractivity contribution in [3.63, 3.8) is 0 Å². The molecule has 0 aliphatic carbocycles. The van der Waals surface area contributed by atoms with E-state index in [1.54, 1.807) is 12.3 Å². The number of allylic oxidation sites excluding steroid dienone is 1. The van der Waals surface area contributed by atoms with E-state index in [0.717, 1.165) is 50.2 Å². The van der Waals surface area contributed by atoms with Gasteiger partial charge in [0.15, 0.2) is 0 Å². The van der Waals surface area contributed by atoms with Crippen molar-refractivity contribution >= 4 is 28.1 Å². The molecule has 140 valence electrons. The van der Waals surface area contributed by atoms with E-state index >= 15 is 0 Å². The van der Waals surface area contributed by atoms with Gasteiger partial charge in [-0.1, -0.05) is 17.7 Å². The molecule has 0 radical (unpaired) electrons. The van der Waals surface area contributed by atoms with Gasteiger partial charge in [0.05, 0.1) is 12.9 Å². The summed E-state index contributed by atoms with van der Waals surface area (Å²) in [5.41, 5.74) is 6.52. The van der Waals surface area contributed by atoms with Crippen LogP contribution in [-0.2, 0) is 4.79 Å². The largest absolute Gasteiger partial charge is 0.493 e. The Kier molecular flexibility index (Phi) is 5.36. The fourth-order valence-electron chi connectivity index (χ4n) is 3.15. The fourth-order valence-corrected chi connectivity index (χ4v) is 3.15. The lowest BCUT2D eigenvalue weighted by molar-refractivity contribution is -0.111. The lowest BCUT2D eigenvalue weighted by Gasteiger charge is -2.14. The number of benzene rings is 2. The topological polar surface area (TPSA) is 51.5 Å². The molecule has 1 N–H and O–H groups in total. The quantitative estimate of drug-likeness (QED) is 0.583. The Bertz CT molecular complexity index is 1010. The zero-order chi connectivity index (χ0) is 19.6. The molecule has 3 aromatic rings. The van der Waals surface area contributed by atoms with E-state index in [9.17, 15) is 4.79 Å². The third-order valence-corrected chi connectivity index (χ3v) is 4.62. The van der Waals surface area contributed by atoms with Crippen LogP contribution in [0.15, 0.2) is 47.1 Å². The monoisotopic (exact) mass is 363 g/mol. The number of aryl methyl sites for hydroxylation is 3. The Morgan fingerprint density at radius 3 is 2.56 bits per heavy atom. The molecular formula is C23H25NO3. The van der Waals surface area contributed by atoms with Crippen LogP contribution in [0.1, 0.15) is 36.1 Å². The van der Waals surface area contributed by atoms with Crippen molar-refractivity contribution < 1.29 is 13.9 Å². The number of amides is 1. The van der Waals surface area contributed by atoms with Gasteiger partial charge in [0.1, 0.15) is 11.3 Å². The highest BCUT2D eigenvalue weighted by molar-refractivity contribution is 6.05. The zero-order valence-electron chi connectivity index (χ0n) is 16.5. The number of fused-ring (bicyclic) bond motifs is 1. The number of ether oxygens (including phenoxy) is 1. The molecule has 0 saturated heterocycles. The third-order valence-electron chi connectivity index (χ3n) is 4.62. The van der Waals surface area contributed by atoms with Crippen LogP contribution in [0.25, 0.3) is 16.5 Å². The molecule has 0 fully saturated rings. The number of anilines is 1. The molecule has 0 aliphatic heterocycles. The average Bonchev–Trinajstić information content (AvgIpc) is 3.00. The van der Waals surface area contributed by atoms with Gasteiger partial charge in [0.25, 0.3) is 0 Å². The van der Waals surface area contributed by atoms with Gasteiger partial charge in [0, 0.05) is 28.3 Å². The molecule has 27 heavy (non-hydrogen) atoms. The minimum absolute atomic E-state index is 0.166. The average molecular weight is 363 g/mol.